The molecule has 1 saturated carbocycles. The van der Waals surface area contributed by atoms with E-state index in [4.69, 9.17) is 4.74 Å². The van der Waals surface area contributed by atoms with Crippen LogP contribution in [0, 0.1) is 12.8 Å². The van der Waals surface area contributed by atoms with Crippen LogP contribution >= 0.6 is 0 Å². The highest BCUT2D eigenvalue weighted by Crippen LogP contribution is 2.38. The van der Waals surface area contributed by atoms with Gasteiger partial charge in [0.05, 0.1) is 0 Å². The minimum Gasteiger partial charge on any atom is -0.451 e. The number of ether oxygens (including phenoxy) is 1. The normalized spacial score (nSPS) is 23.9. The number of carbonyl (C=O) groups excluding carboxylic acids is 4. The second kappa shape index (κ2) is 9.30. The van der Waals surface area contributed by atoms with Gasteiger partial charge in [0.2, 0.25) is 0 Å². The zero-order chi connectivity index (χ0) is 23.6. The molecule has 0 aromatic heterocycles. The molecule has 4 amide bonds. The number of esters is 1. The van der Waals surface area contributed by atoms with Gasteiger partial charge in [0.15, 0.2) is 6.10 Å². The molecule has 1 aliphatic carbocycles. The number of para-hydroxylation sites is 1. The molecule has 32 heavy (non-hydrogen) atoms. The first kappa shape index (κ1) is 23.8. The first-order valence-corrected chi connectivity index (χ1v) is 11.3. The maximum absolute atomic E-state index is 13.0. The fraction of sp³-hybridized carbons (Fsp3) is 0.583. The van der Waals surface area contributed by atoms with Crippen LogP contribution in [0.25, 0.3) is 0 Å². The van der Waals surface area contributed by atoms with Crippen molar-refractivity contribution in [3.05, 3.63) is 29.3 Å². The van der Waals surface area contributed by atoms with E-state index in [2.05, 4.69) is 10.6 Å². The van der Waals surface area contributed by atoms with Gasteiger partial charge in [-0.25, -0.2) is 4.79 Å². The van der Waals surface area contributed by atoms with E-state index in [0.29, 0.717) is 12.1 Å². The summed E-state index contributed by atoms with van der Waals surface area (Å²) >= 11 is 0. The quantitative estimate of drug-likeness (QED) is 0.517. The number of carbonyl (C=O) groups is 4. The zero-order valence-corrected chi connectivity index (χ0v) is 19.5. The van der Waals surface area contributed by atoms with E-state index in [-0.39, 0.29) is 17.7 Å². The lowest BCUT2D eigenvalue weighted by Crippen LogP contribution is -2.54. The van der Waals surface area contributed by atoms with Crippen LogP contribution in [0.15, 0.2) is 18.2 Å². The lowest BCUT2D eigenvalue weighted by molar-refractivity contribution is -0.155. The summed E-state index contributed by atoms with van der Waals surface area (Å²) in [5.74, 6) is -1.44. The molecule has 3 atom stereocenters. The highest BCUT2D eigenvalue weighted by atomic mass is 16.5. The molecule has 3 unspecified atom stereocenters. The average Bonchev–Trinajstić information content (AvgIpc) is 2.96. The van der Waals surface area contributed by atoms with E-state index in [1.165, 1.54) is 6.92 Å². The molecular formula is C24H33N3O5. The molecule has 1 aromatic rings. The Kier molecular flexibility index (Phi) is 6.91. The van der Waals surface area contributed by atoms with E-state index in [9.17, 15) is 19.2 Å². The molecule has 1 saturated heterocycles. The molecule has 8 nitrogen and oxygen atoms in total. The Hall–Kier alpha value is -2.90. The Morgan fingerprint density at radius 2 is 1.97 bits per heavy atom. The van der Waals surface area contributed by atoms with E-state index in [1.807, 2.05) is 45.9 Å². The number of benzene rings is 1. The second-order valence-electron chi connectivity index (χ2n) is 9.25. The van der Waals surface area contributed by atoms with Crippen molar-refractivity contribution in [3.63, 3.8) is 0 Å². The first-order chi connectivity index (χ1) is 15.1. The Bertz CT molecular complexity index is 928. The summed E-state index contributed by atoms with van der Waals surface area (Å²) < 4.78 is 5.26. The minimum atomic E-state index is -1.08. The molecule has 2 fully saturated rings. The highest BCUT2D eigenvalue weighted by molar-refractivity contribution is 6.09. The highest BCUT2D eigenvalue weighted by Gasteiger charge is 2.55. The van der Waals surface area contributed by atoms with Crippen molar-refractivity contribution in [1.29, 1.82) is 0 Å². The molecule has 0 bridgehead atoms. The number of nitrogens with one attached hydrogen (secondary N) is 2. The summed E-state index contributed by atoms with van der Waals surface area (Å²) in [7, 11) is 0. The molecule has 1 aliphatic heterocycles. The SMILES string of the molecule is Cc1cccc(C(C)C)c1NC(=O)C(C)OC(=O)CN1C(=O)NC2(CCCCC2C)C1=O. The van der Waals surface area contributed by atoms with Crippen molar-refractivity contribution in [2.75, 3.05) is 11.9 Å². The van der Waals surface area contributed by atoms with Crippen molar-refractivity contribution < 1.29 is 23.9 Å². The Labute approximate surface area is 189 Å². The maximum atomic E-state index is 13.0. The lowest BCUT2D eigenvalue weighted by atomic mass is 9.73. The maximum Gasteiger partial charge on any atom is 0.327 e. The van der Waals surface area contributed by atoms with E-state index >= 15 is 0 Å². The fourth-order valence-electron chi connectivity index (χ4n) is 4.62. The van der Waals surface area contributed by atoms with Gasteiger partial charge in [-0.2, -0.15) is 0 Å². The Balaban J connectivity index is 1.62. The summed E-state index contributed by atoms with van der Waals surface area (Å²) in [5, 5.41) is 5.66. The van der Waals surface area contributed by atoms with Crippen molar-refractivity contribution in [1.82, 2.24) is 10.2 Å². The molecular weight excluding hydrogens is 410 g/mol. The second-order valence-corrected chi connectivity index (χ2v) is 9.25. The molecule has 1 spiro atoms. The molecule has 1 heterocycles. The molecule has 2 N–H and O–H groups in total. The van der Waals surface area contributed by atoms with Gasteiger partial charge in [-0.05, 0) is 49.7 Å². The molecule has 1 aromatic carbocycles. The third-order valence-electron chi connectivity index (χ3n) is 6.64. The van der Waals surface area contributed by atoms with Gasteiger partial charge >= 0.3 is 12.0 Å². The van der Waals surface area contributed by atoms with Crippen LogP contribution in [0.3, 0.4) is 0 Å². The number of imide groups is 1. The van der Waals surface area contributed by atoms with Gasteiger partial charge in [0, 0.05) is 5.69 Å². The van der Waals surface area contributed by atoms with Crippen LogP contribution in [0.1, 0.15) is 70.4 Å². The van der Waals surface area contributed by atoms with Crippen LogP contribution in [0.2, 0.25) is 0 Å². The molecule has 174 valence electrons. The van der Waals surface area contributed by atoms with Crippen LogP contribution in [0.4, 0.5) is 10.5 Å². The average molecular weight is 444 g/mol. The number of rotatable bonds is 6. The van der Waals surface area contributed by atoms with Crippen LogP contribution in [-0.2, 0) is 19.1 Å². The van der Waals surface area contributed by atoms with Gasteiger partial charge in [-0.15, -0.1) is 0 Å². The number of aryl methyl sites for hydroxylation is 1. The summed E-state index contributed by atoms with van der Waals surface area (Å²) in [4.78, 5) is 51.5. The van der Waals surface area contributed by atoms with Crippen LogP contribution in [-0.4, -0.2) is 46.9 Å². The van der Waals surface area contributed by atoms with Gasteiger partial charge in [-0.3, -0.25) is 19.3 Å². The molecule has 3 rings (SSSR count). The number of hydrogen-bond acceptors (Lipinski definition) is 5. The predicted molar refractivity (Wildman–Crippen MR) is 120 cm³/mol. The van der Waals surface area contributed by atoms with Crippen LogP contribution < -0.4 is 10.6 Å². The minimum absolute atomic E-state index is 0.00249. The summed E-state index contributed by atoms with van der Waals surface area (Å²) in [6.07, 6.45) is 2.20. The van der Waals surface area contributed by atoms with Gasteiger partial charge < -0.3 is 15.4 Å². The van der Waals surface area contributed by atoms with Gasteiger partial charge in [-0.1, -0.05) is 51.8 Å². The lowest BCUT2D eigenvalue weighted by Gasteiger charge is -2.36. The molecule has 2 aliphatic rings. The summed E-state index contributed by atoms with van der Waals surface area (Å²) in [6.45, 7) is 8.87. The number of anilines is 1. The standard InChI is InChI=1S/C24H33N3O5/c1-14(2)18-11-8-9-15(3)20(18)25-21(29)17(5)32-19(28)13-27-22(30)24(26-23(27)31)12-7-6-10-16(24)4/h8-9,11,14,16-17H,6-7,10,12-13H2,1-5H3,(H,25,29)(H,26,31). The third-order valence-corrected chi connectivity index (χ3v) is 6.64. The zero-order valence-electron chi connectivity index (χ0n) is 19.5. The summed E-state index contributed by atoms with van der Waals surface area (Å²) in [6, 6.07) is 5.20. The summed E-state index contributed by atoms with van der Waals surface area (Å²) in [5.41, 5.74) is 1.67. The van der Waals surface area contributed by atoms with Crippen molar-refractivity contribution in [2.24, 2.45) is 5.92 Å². The smallest absolute Gasteiger partial charge is 0.327 e. The first-order valence-electron chi connectivity index (χ1n) is 11.3. The monoisotopic (exact) mass is 443 g/mol. The van der Waals surface area contributed by atoms with Crippen molar-refractivity contribution in [3.8, 4) is 0 Å². The van der Waals surface area contributed by atoms with Crippen LogP contribution in [0.5, 0.6) is 0 Å². The Morgan fingerprint density at radius 3 is 2.62 bits per heavy atom. The largest absolute Gasteiger partial charge is 0.451 e. The van der Waals surface area contributed by atoms with Gasteiger partial charge in [0.1, 0.15) is 12.1 Å². The topological polar surface area (TPSA) is 105 Å². The van der Waals surface area contributed by atoms with E-state index < -0.39 is 36.1 Å². The van der Waals surface area contributed by atoms with E-state index in [1.54, 1.807) is 0 Å². The van der Waals surface area contributed by atoms with Crippen molar-refractivity contribution >= 4 is 29.5 Å². The fourth-order valence-corrected chi connectivity index (χ4v) is 4.62. The molecule has 8 heteroatoms. The third kappa shape index (κ3) is 4.49. The number of hydrogen-bond donors (Lipinski definition) is 2. The van der Waals surface area contributed by atoms with Gasteiger partial charge in [0.25, 0.3) is 11.8 Å². The molecule has 0 radical (unpaired) electrons. The van der Waals surface area contributed by atoms with Crippen molar-refractivity contribution in [2.45, 2.75) is 77.9 Å². The predicted octanol–water partition coefficient (Wildman–Crippen LogP) is 3.49. The number of urea groups is 1. The number of amides is 4. The van der Waals surface area contributed by atoms with E-state index in [0.717, 1.165) is 35.3 Å². The number of nitrogens with zero attached hydrogens (tertiary/aromatic N) is 1. The Morgan fingerprint density at radius 1 is 1.25 bits per heavy atom.